The number of carboxylic acid groups (broad SMARTS) is 1. The lowest BCUT2D eigenvalue weighted by Crippen LogP contribution is -2.19. The van der Waals surface area contributed by atoms with E-state index in [2.05, 4.69) is 0 Å². The predicted octanol–water partition coefficient (Wildman–Crippen LogP) is 2.62. The van der Waals surface area contributed by atoms with Crippen LogP contribution in [0.15, 0.2) is 28.4 Å². The maximum Gasteiger partial charge on any atom is 0.323 e. The molecule has 0 radical (unpaired) electrons. The first-order chi connectivity index (χ1) is 8.49. The van der Waals surface area contributed by atoms with Gasteiger partial charge in [-0.3, -0.25) is 14.2 Å². The van der Waals surface area contributed by atoms with E-state index in [0.29, 0.717) is 10.7 Å². The second-order valence-corrected chi connectivity index (χ2v) is 5.06. The summed E-state index contributed by atoms with van der Waals surface area (Å²) in [6, 6.07) is 5.34. The SMILES string of the molecule is Cc1cc(-c2csc(=O)n2CC(=O)O)ccc1Cl. The molecule has 0 spiro atoms. The Bertz CT molecular complexity index is 660. The van der Waals surface area contributed by atoms with Crippen molar-refractivity contribution in [3.8, 4) is 11.3 Å². The second-order valence-electron chi connectivity index (χ2n) is 3.83. The van der Waals surface area contributed by atoms with E-state index in [1.807, 2.05) is 13.0 Å². The molecular formula is C12H10ClNO3S. The molecule has 18 heavy (non-hydrogen) atoms. The van der Waals surface area contributed by atoms with Crippen molar-refractivity contribution in [1.29, 1.82) is 0 Å². The molecule has 0 saturated carbocycles. The van der Waals surface area contributed by atoms with Crippen molar-refractivity contribution < 1.29 is 9.90 Å². The van der Waals surface area contributed by atoms with Crippen LogP contribution in [0.1, 0.15) is 5.56 Å². The van der Waals surface area contributed by atoms with E-state index in [-0.39, 0.29) is 11.4 Å². The Morgan fingerprint density at radius 2 is 2.22 bits per heavy atom. The summed E-state index contributed by atoms with van der Waals surface area (Å²) < 4.78 is 1.25. The number of nitrogens with zero attached hydrogens (tertiary/aromatic N) is 1. The fourth-order valence-corrected chi connectivity index (χ4v) is 2.53. The summed E-state index contributed by atoms with van der Waals surface area (Å²) in [5.74, 6) is -1.04. The van der Waals surface area contributed by atoms with E-state index in [4.69, 9.17) is 16.7 Å². The van der Waals surface area contributed by atoms with Gasteiger partial charge in [0.1, 0.15) is 6.54 Å². The highest BCUT2D eigenvalue weighted by Gasteiger charge is 2.12. The van der Waals surface area contributed by atoms with Gasteiger partial charge in [0.25, 0.3) is 0 Å². The molecule has 94 valence electrons. The number of carbonyl (C=O) groups is 1. The normalized spacial score (nSPS) is 10.6. The lowest BCUT2D eigenvalue weighted by Gasteiger charge is -2.06. The number of aryl methyl sites for hydroxylation is 1. The Labute approximate surface area is 112 Å². The highest BCUT2D eigenvalue weighted by Crippen LogP contribution is 2.25. The smallest absolute Gasteiger partial charge is 0.323 e. The molecular weight excluding hydrogens is 274 g/mol. The maximum absolute atomic E-state index is 11.6. The van der Waals surface area contributed by atoms with Crippen LogP contribution in [-0.4, -0.2) is 15.6 Å². The Balaban J connectivity index is 2.53. The van der Waals surface area contributed by atoms with Gasteiger partial charge in [-0.1, -0.05) is 29.0 Å². The molecule has 6 heteroatoms. The van der Waals surface area contributed by atoms with Crippen LogP contribution in [0.5, 0.6) is 0 Å². The molecule has 0 bridgehead atoms. The summed E-state index contributed by atoms with van der Waals surface area (Å²) in [4.78, 5) is 22.1. The van der Waals surface area contributed by atoms with E-state index in [1.54, 1.807) is 17.5 Å². The minimum Gasteiger partial charge on any atom is -0.480 e. The first-order valence-corrected chi connectivity index (χ1v) is 6.41. The number of hydrogen-bond acceptors (Lipinski definition) is 3. The van der Waals surface area contributed by atoms with Crippen molar-refractivity contribution in [3.05, 3.63) is 43.8 Å². The molecule has 0 amide bonds. The van der Waals surface area contributed by atoms with Crippen LogP contribution in [0.3, 0.4) is 0 Å². The summed E-state index contributed by atoms with van der Waals surface area (Å²) in [7, 11) is 0. The summed E-state index contributed by atoms with van der Waals surface area (Å²) in [6.45, 7) is 1.52. The topological polar surface area (TPSA) is 59.3 Å². The summed E-state index contributed by atoms with van der Waals surface area (Å²) >= 11 is 6.93. The molecule has 1 heterocycles. The van der Waals surface area contributed by atoms with Gasteiger partial charge in [-0.15, -0.1) is 0 Å². The second kappa shape index (κ2) is 4.96. The highest BCUT2D eigenvalue weighted by atomic mass is 35.5. The zero-order chi connectivity index (χ0) is 13.3. The largest absolute Gasteiger partial charge is 0.480 e. The molecule has 0 saturated heterocycles. The van der Waals surface area contributed by atoms with Crippen molar-refractivity contribution in [1.82, 2.24) is 4.57 Å². The van der Waals surface area contributed by atoms with E-state index in [9.17, 15) is 9.59 Å². The van der Waals surface area contributed by atoms with Gasteiger partial charge in [0, 0.05) is 10.4 Å². The van der Waals surface area contributed by atoms with Gasteiger partial charge >= 0.3 is 10.8 Å². The first kappa shape index (κ1) is 12.9. The number of carboxylic acids is 1. The molecule has 0 aliphatic carbocycles. The zero-order valence-corrected chi connectivity index (χ0v) is 11.1. The monoisotopic (exact) mass is 283 g/mol. The highest BCUT2D eigenvalue weighted by molar-refractivity contribution is 7.07. The Kier molecular flexibility index (Phi) is 3.54. The lowest BCUT2D eigenvalue weighted by atomic mass is 10.1. The third kappa shape index (κ3) is 2.47. The number of aromatic nitrogens is 1. The summed E-state index contributed by atoms with van der Waals surface area (Å²) in [5.41, 5.74) is 2.28. The van der Waals surface area contributed by atoms with Gasteiger partial charge in [-0.05, 0) is 30.2 Å². The molecule has 0 atom stereocenters. The quantitative estimate of drug-likeness (QED) is 0.942. The molecule has 0 aliphatic rings. The fraction of sp³-hybridized carbons (Fsp3) is 0.167. The minimum absolute atomic E-state index is 0.278. The van der Waals surface area contributed by atoms with Crippen LogP contribution in [-0.2, 0) is 11.3 Å². The van der Waals surface area contributed by atoms with E-state index < -0.39 is 5.97 Å². The van der Waals surface area contributed by atoms with Crippen LogP contribution >= 0.6 is 22.9 Å². The van der Waals surface area contributed by atoms with Gasteiger partial charge < -0.3 is 5.11 Å². The molecule has 1 N–H and O–H groups in total. The lowest BCUT2D eigenvalue weighted by molar-refractivity contribution is -0.137. The number of rotatable bonds is 3. The molecule has 0 aliphatic heterocycles. The van der Waals surface area contributed by atoms with Crippen LogP contribution in [0.25, 0.3) is 11.3 Å². The van der Waals surface area contributed by atoms with E-state index in [0.717, 1.165) is 22.5 Å². The molecule has 1 aromatic heterocycles. The third-order valence-electron chi connectivity index (χ3n) is 2.53. The van der Waals surface area contributed by atoms with E-state index in [1.165, 1.54) is 4.57 Å². The average Bonchev–Trinajstić information content (AvgIpc) is 2.64. The Hall–Kier alpha value is -1.59. The number of benzene rings is 1. The first-order valence-electron chi connectivity index (χ1n) is 5.15. The maximum atomic E-state index is 11.6. The van der Waals surface area contributed by atoms with E-state index >= 15 is 0 Å². The van der Waals surface area contributed by atoms with Crippen LogP contribution < -0.4 is 4.87 Å². The fourth-order valence-electron chi connectivity index (χ4n) is 1.64. The van der Waals surface area contributed by atoms with Crippen molar-refractivity contribution >= 4 is 28.9 Å². The van der Waals surface area contributed by atoms with Gasteiger partial charge in [0.2, 0.25) is 0 Å². The standard InChI is InChI=1S/C12H10ClNO3S/c1-7-4-8(2-3-9(7)13)10-6-18-12(17)14(10)5-11(15)16/h2-4,6H,5H2,1H3,(H,15,16). The summed E-state index contributed by atoms with van der Waals surface area (Å²) in [5, 5.41) is 11.1. The Morgan fingerprint density at radius 1 is 1.50 bits per heavy atom. The molecule has 2 aromatic rings. The van der Waals surface area contributed by atoms with Crippen LogP contribution in [0, 0.1) is 6.92 Å². The minimum atomic E-state index is -1.04. The number of hydrogen-bond donors (Lipinski definition) is 1. The van der Waals surface area contributed by atoms with Gasteiger partial charge in [0.05, 0.1) is 5.69 Å². The number of thiazole rings is 1. The van der Waals surface area contributed by atoms with Crippen molar-refractivity contribution in [2.45, 2.75) is 13.5 Å². The third-order valence-corrected chi connectivity index (χ3v) is 3.72. The van der Waals surface area contributed by atoms with Gasteiger partial charge in [-0.25, -0.2) is 0 Å². The van der Waals surface area contributed by atoms with Crippen molar-refractivity contribution in [3.63, 3.8) is 0 Å². The average molecular weight is 284 g/mol. The Morgan fingerprint density at radius 3 is 2.83 bits per heavy atom. The van der Waals surface area contributed by atoms with Crippen molar-refractivity contribution in [2.75, 3.05) is 0 Å². The van der Waals surface area contributed by atoms with Crippen molar-refractivity contribution in [2.24, 2.45) is 0 Å². The van der Waals surface area contributed by atoms with Gasteiger partial charge in [0.15, 0.2) is 0 Å². The molecule has 0 unspecified atom stereocenters. The number of aliphatic carboxylic acids is 1. The molecule has 0 fully saturated rings. The van der Waals surface area contributed by atoms with Crippen LogP contribution in [0.2, 0.25) is 5.02 Å². The molecule has 1 aromatic carbocycles. The van der Waals surface area contributed by atoms with Gasteiger partial charge in [-0.2, -0.15) is 0 Å². The predicted molar refractivity (Wildman–Crippen MR) is 71.4 cm³/mol. The zero-order valence-electron chi connectivity index (χ0n) is 9.51. The van der Waals surface area contributed by atoms with Crippen LogP contribution in [0.4, 0.5) is 0 Å². The molecule has 4 nitrogen and oxygen atoms in total. The summed E-state index contributed by atoms with van der Waals surface area (Å²) in [6.07, 6.45) is 0. The molecule has 2 rings (SSSR count). The number of halogens is 1.